The van der Waals surface area contributed by atoms with Crippen molar-refractivity contribution in [3.63, 3.8) is 0 Å². The molecule has 6 nitrogen and oxygen atoms in total. The maximum atomic E-state index is 9.55. The lowest BCUT2D eigenvalue weighted by molar-refractivity contribution is 0.354. The summed E-state index contributed by atoms with van der Waals surface area (Å²) in [6, 6.07) is 14.1. The van der Waals surface area contributed by atoms with Gasteiger partial charge in [-0.1, -0.05) is 12.1 Å². The number of rotatable bonds is 13. The van der Waals surface area contributed by atoms with Crippen LogP contribution in [-0.2, 0) is 6.42 Å². The zero-order valence-electron chi connectivity index (χ0n) is 18.4. The van der Waals surface area contributed by atoms with Crippen molar-refractivity contribution < 1.29 is 18.9 Å². The molecule has 0 radical (unpaired) electrons. The number of ether oxygens (including phenoxy) is 4. The molecule has 6 heteroatoms. The zero-order chi connectivity index (χ0) is 21.8. The van der Waals surface area contributed by atoms with E-state index in [-0.39, 0.29) is 5.92 Å². The first kappa shape index (κ1) is 23.4. The van der Waals surface area contributed by atoms with E-state index in [0.29, 0.717) is 11.5 Å². The molecule has 0 fully saturated rings. The van der Waals surface area contributed by atoms with Crippen molar-refractivity contribution in [2.24, 2.45) is 0 Å². The predicted molar refractivity (Wildman–Crippen MR) is 118 cm³/mol. The molecule has 0 aliphatic carbocycles. The first-order valence-corrected chi connectivity index (χ1v) is 10.2. The number of nitrogens with zero attached hydrogens (tertiary/aromatic N) is 1. The van der Waals surface area contributed by atoms with E-state index >= 15 is 0 Å². The van der Waals surface area contributed by atoms with Gasteiger partial charge in [-0.3, -0.25) is 0 Å². The average molecular weight is 413 g/mol. The number of hydrogen-bond donors (Lipinski definition) is 1. The first-order valence-electron chi connectivity index (χ1n) is 10.2. The Hall–Kier alpha value is -2.91. The second kappa shape index (κ2) is 12.6. The highest BCUT2D eigenvalue weighted by molar-refractivity contribution is 5.45. The van der Waals surface area contributed by atoms with Gasteiger partial charge < -0.3 is 24.3 Å². The Morgan fingerprint density at radius 1 is 0.800 bits per heavy atom. The predicted octanol–water partition coefficient (Wildman–Crippen LogP) is 4.33. The molecule has 0 heterocycles. The third-order valence-electron chi connectivity index (χ3n) is 5.08. The van der Waals surface area contributed by atoms with Crippen LogP contribution in [0.4, 0.5) is 0 Å². The normalized spacial score (nSPS) is 11.4. The monoisotopic (exact) mass is 412 g/mol. The molecule has 30 heavy (non-hydrogen) atoms. The summed E-state index contributed by atoms with van der Waals surface area (Å²) < 4.78 is 21.2. The van der Waals surface area contributed by atoms with Crippen LogP contribution in [0.15, 0.2) is 36.4 Å². The van der Waals surface area contributed by atoms with E-state index < -0.39 is 0 Å². The molecule has 1 atom stereocenters. The molecule has 1 N–H and O–H groups in total. The highest BCUT2D eigenvalue weighted by Crippen LogP contribution is 2.32. The largest absolute Gasteiger partial charge is 0.493 e. The average Bonchev–Trinajstić information content (AvgIpc) is 2.80. The van der Waals surface area contributed by atoms with Gasteiger partial charge in [-0.05, 0) is 74.2 Å². The van der Waals surface area contributed by atoms with Crippen LogP contribution >= 0.6 is 0 Å². The molecule has 0 aromatic heterocycles. The number of hydrogen-bond acceptors (Lipinski definition) is 6. The second-order valence-electron chi connectivity index (χ2n) is 6.98. The van der Waals surface area contributed by atoms with Gasteiger partial charge in [0.2, 0.25) is 0 Å². The molecule has 0 unspecified atom stereocenters. The van der Waals surface area contributed by atoms with Crippen LogP contribution < -0.4 is 24.3 Å². The van der Waals surface area contributed by atoms with E-state index in [2.05, 4.69) is 17.5 Å². The van der Waals surface area contributed by atoms with Crippen molar-refractivity contribution in [2.45, 2.75) is 31.6 Å². The van der Waals surface area contributed by atoms with E-state index in [1.807, 2.05) is 30.3 Å². The molecule has 2 aromatic rings. The van der Waals surface area contributed by atoms with Crippen molar-refractivity contribution in [3.05, 3.63) is 47.5 Å². The molecular weight excluding hydrogens is 380 g/mol. The van der Waals surface area contributed by atoms with Crippen LogP contribution in [0.1, 0.15) is 36.3 Å². The fourth-order valence-electron chi connectivity index (χ4n) is 3.39. The van der Waals surface area contributed by atoms with Gasteiger partial charge in [0.15, 0.2) is 23.0 Å². The lowest BCUT2D eigenvalue weighted by Crippen LogP contribution is -2.17. The number of methoxy groups -OCH3 is 4. The molecule has 0 saturated carbocycles. The van der Waals surface area contributed by atoms with Gasteiger partial charge in [0.05, 0.1) is 40.4 Å². The van der Waals surface area contributed by atoms with Crippen LogP contribution in [0.3, 0.4) is 0 Å². The van der Waals surface area contributed by atoms with Gasteiger partial charge in [-0.15, -0.1) is 0 Å². The summed E-state index contributed by atoms with van der Waals surface area (Å²) in [4.78, 5) is 0. The third kappa shape index (κ3) is 6.57. The lowest BCUT2D eigenvalue weighted by Gasteiger charge is -2.13. The van der Waals surface area contributed by atoms with E-state index in [4.69, 9.17) is 18.9 Å². The molecule has 0 bridgehead atoms. The molecule has 0 amide bonds. The van der Waals surface area contributed by atoms with Crippen LogP contribution in [0, 0.1) is 11.3 Å². The molecule has 0 saturated heterocycles. The SMILES string of the molecule is COc1ccc(CCCNCCC[C@@H](C#N)c2ccc(OC)c(OC)c2)cc1OC. The van der Waals surface area contributed by atoms with E-state index in [1.165, 1.54) is 5.56 Å². The lowest BCUT2D eigenvalue weighted by atomic mass is 9.95. The zero-order valence-corrected chi connectivity index (χ0v) is 18.4. The van der Waals surface area contributed by atoms with Crippen molar-refractivity contribution >= 4 is 0 Å². The standard InChI is InChI=1S/C24H32N2O4/c1-27-21-11-9-18(15-23(21)29-3)7-5-13-26-14-6-8-20(17-25)19-10-12-22(28-2)24(16-19)30-4/h9-12,15-16,20,26H,5-8,13-14H2,1-4H3/t20-/m0/s1. The van der Waals surface area contributed by atoms with Crippen molar-refractivity contribution in [2.75, 3.05) is 41.5 Å². The van der Waals surface area contributed by atoms with Gasteiger partial charge in [-0.2, -0.15) is 5.26 Å². The molecular formula is C24H32N2O4. The molecule has 2 aromatic carbocycles. The maximum absolute atomic E-state index is 9.55. The fourth-order valence-corrected chi connectivity index (χ4v) is 3.39. The Balaban J connectivity index is 1.71. The smallest absolute Gasteiger partial charge is 0.161 e. The molecule has 0 aliphatic rings. The summed E-state index contributed by atoms with van der Waals surface area (Å²) in [5.41, 5.74) is 2.19. The topological polar surface area (TPSA) is 72.7 Å². The molecule has 0 aliphatic heterocycles. The van der Waals surface area contributed by atoms with Crippen molar-refractivity contribution in [1.82, 2.24) is 5.32 Å². The molecule has 2 rings (SSSR count). The molecule has 162 valence electrons. The van der Waals surface area contributed by atoms with E-state index in [9.17, 15) is 5.26 Å². The summed E-state index contributed by atoms with van der Waals surface area (Å²) >= 11 is 0. The fraction of sp³-hybridized carbons (Fsp3) is 0.458. The van der Waals surface area contributed by atoms with Crippen LogP contribution in [-0.4, -0.2) is 41.5 Å². The van der Waals surface area contributed by atoms with Gasteiger partial charge in [0.25, 0.3) is 0 Å². The van der Waals surface area contributed by atoms with Crippen molar-refractivity contribution in [3.8, 4) is 29.1 Å². The Morgan fingerprint density at radius 3 is 2.03 bits per heavy atom. The first-order chi connectivity index (χ1) is 14.7. The van der Waals surface area contributed by atoms with E-state index in [1.54, 1.807) is 28.4 Å². The van der Waals surface area contributed by atoms with Gasteiger partial charge >= 0.3 is 0 Å². The highest BCUT2D eigenvalue weighted by Gasteiger charge is 2.13. The van der Waals surface area contributed by atoms with Crippen molar-refractivity contribution in [1.29, 1.82) is 5.26 Å². The number of benzene rings is 2. The quantitative estimate of drug-likeness (QED) is 0.494. The number of nitriles is 1. The minimum absolute atomic E-state index is 0.154. The number of nitrogens with one attached hydrogen (secondary N) is 1. The van der Waals surface area contributed by atoms with Crippen LogP contribution in [0.5, 0.6) is 23.0 Å². The highest BCUT2D eigenvalue weighted by atomic mass is 16.5. The van der Waals surface area contributed by atoms with Crippen LogP contribution in [0.25, 0.3) is 0 Å². The molecule has 0 spiro atoms. The summed E-state index contributed by atoms with van der Waals surface area (Å²) in [5, 5.41) is 13.0. The number of aryl methyl sites for hydroxylation is 1. The summed E-state index contributed by atoms with van der Waals surface area (Å²) in [6.07, 6.45) is 3.74. The summed E-state index contributed by atoms with van der Waals surface area (Å²) in [7, 11) is 6.51. The Bertz CT molecular complexity index is 832. The Labute approximate surface area is 179 Å². The third-order valence-corrected chi connectivity index (χ3v) is 5.08. The van der Waals surface area contributed by atoms with Gasteiger partial charge in [0, 0.05) is 0 Å². The summed E-state index contributed by atoms with van der Waals surface area (Å²) in [6.45, 7) is 1.82. The second-order valence-corrected chi connectivity index (χ2v) is 6.98. The van der Waals surface area contributed by atoms with Gasteiger partial charge in [0.1, 0.15) is 0 Å². The van der Waals surface area contributed by atoms with Gasteiger partial charge in [-0.25, -0.2) is 0 Å². The Morgan fingerprint density at radius 2 is 1.40 bits per heavy atom. The van der Waals surface area contributed by atoms with E-state index in [0.717, 1.165) is 55.8 Å². The minimum atomic E-state index is -0.154. The van der Waals surface area contributed by atoms with Crippen LogP contribution in [0.2, 0.25) is 0 Å². The Kier molecular flexibility index (Phi) is 9.82. The maximum Gasteiger partial charge on any atom is 0.161 e. The minimum Gasteiger partial charge on any atom is -0.493 e. The summed E-state index contributed by atoms with van der Waals surface area (Å²) in [5.74, 6) is 2.69.